The summed E-state index contributed by atoms with van der Waals surface area (Å²) in [4.78, 5) is 25.9. The lowest BCUT2D eigenvalue weighted by Crippen LogP contribution is -2.41. The topological polar surface area (TPSA) is 141 Å². The lowest BCUT2D eigenvalue weighted by Gasteiger charge is -2.30. The van der Waals surface area contributed by atoms with Crippen LogP contribution in [0.25, 0.3) is 6.08 Å². The van der Waals surface area contributed by atoms with Gasteiger partial charge in [0.2, 0.25) is 5.91 Å². The van der Waals surface area contributed by atoms with Gasteiger partial charge in [0.15, 0.2) is 0 Å². The number of amides is 1. The zero-order valence-electron chi connectivity index (χ0n) is 22.7. The molecule has 7 N–H and O–H groups in total. The lowest BCUT2D eigenvalue weighted by molar-refractivity contribution is -0.478. The molecule has 2 heterocycles. The molecule has 1 amide bonds. The number of halogens is 3. The molecule has 212 valence electrons. The lowest BCUT2D eigenvalue weighted by atomic mass is 9.90. The van der Waals surface area contributed by atoms with Crippen molar-refractivity contribution in [3.05, 3.63) is 68.4 Å². The van der Waals surface area contributed by atoms with E-state index in [9.17, 15) is 23.5 Å². The highest BCUT2D eigenvalue weighted by Crippen LogP contribution is 2.41. The number of anilines is 2. The number of alkyl halides is 2. The highest BCUT2D eigenvalue weighted by atomic mass is 19.3. The highest BCUT2D eigenvalue weighted by molar-refractivity contribution is 5.76. The molecule has 0 unspecified atom stereocenters. The summed E-state index contributed by atoms with van der Waals surface area (Å²) >= 11 is 0. The predicted molar refractivity (Wildman–Crippen MR) is 143 cm³/mol. The van der Waals surface area contributed by atoms with E-state index in [1.165, 1.54) is 32.2 Å². The van der Waals surface area contributed by atoms with Crippen molar-refractivity contribution in [2.24, 2.45) is 12.8 Å². The van der Waals surface area contributed by atoms with Gasteiger partial charge in [-0.3, -0.25) is 14.9 Å². The molecule has 0 spiro atoms. The largest absolute Gasteiger partial charge is 0.398 e. The van der Waals surface area contributed by atoms with E-state index in [-0.39, 0.29) is 35.0 Å². The molecule has 39 heavy (non-hydrogen) atoms. The Kier molecular flexibility index (Phi) is 8.49. The molecular weight excluding hydrogens is 513 g/mol. The van der Waals surface area contributed by atoms with E-state index >= 15 is 4.39 Å². The van der Waals surface area contributed by atoms with Gasteiger partial charge in [-0.25, -0.2) is 4.39 Å². The summed E-state index contributed by atoms with van der Waals surface area (Å²) in [5.41, 5.74) is 9.74. The number of hydrogen-bond acceptors (Lipinski definition) is 6. The van der Waals surface area contributed by atoms with Gasteiger partial charge in [-0.2, -0.15) is 18.6 Å². The van der Waals surface area contributed by atoms with Crippen LogP contribution in [0.5, 0.6) is 0 Å². The van der Waals surface area contributed by atoms with E-state index in [0.717, 1.165) is 30.2 Å². The number of rotatable bonds is 8. The Morgan fingerprint density at radius 1 is 1.33 bits per heavy atom. The van der Waals surface area contributed by atoms with Gasteiger partial charge in [-0.05, 0) is 44.4 Å². The molecule has 0 aliphatic carbocycles. The summed E-state index contributed by atoms with van der Waals surface area (Å²) in [7, 11) is 1.45. The Morgan fingerprint density at radius 2 is 2.00 bits per heavy atom. The first-order valence-corrected chi connectivity index (χ1v) is 12.6. The van der Waals surface area contributed by atoms with Gasteiger partial charge < -0.3 is 21.5 Å². The minimum atomic E-state index is -3.85. The molecule has 0 fully saturated rings. The molecule has 2 aromatic rings. The SMILES string of the molecule is CC[C@@H](Nc1[nH+]n(C)c(=O)c(N)c1/C=C(\N)C1=CCN(C(C)=O)CC1)c1cccc(C(F)(F)C(C)(C)O)c1F. The fraction of sp³-hybridized carbons (Fsp3) is 0.444. The maximum Gasteiger partial charge on any atom is 0.305 e. The van der Waals surface area contributed by atoms with Crippen molar-refractivity contribution in [2.75, 3.05) is 24.1 Å². The van der Waals surface area contributed by atoms with Gasteiger partial charge in [-0.1, -0.05) is 25.1 Å². The standard InChI is InChI=1S/C27H35F3N6O3/c1-6-21(17-8-7-9-19(22(17)28)27(29,30)26(3,4)39)33-24-18(23(32)25(38)35(5)34-24)14-20(31)16-10-12-36(13-11-16)15(2)37/h7-10,14,21,39H,6,11-13,31-32H2,1-5H3,(H,33,34)/p+1/b20-14-/t21-/m1/s1. The summed E-state index contributed by atoms with van der Waals surface area (Å²) in [6, 6.07) is 2.81. The first-order valence-electron chi connectivity index (χ1n) is 12.6. The van der Waals surface area contributed by atoms with Gasteiger partial charge in [0, 0.05) is 31.3 Å². The number of hydrogen-bond donors (Lipinski definition) is 4. The van der Waals surface area contributed by atoms with E-state index in [0.29, 0.717) is 25.2 Å². The average Bonchev–Trinajstić information content (AvgIpc) is 2.87. The Labute approximate surface area is 225 Å². The third-order valence-electron chi connectivity index (χ3n) is 6.94. The summed E-state index contributed by atoms with van der Waals surface area (Å²) in [6.45, 7) is 5.94. The second-order valence-corrected chi connectivity index (χ2v) is 10.2. The molecule has 0 bridgehead atoms. The molecular formula is C27H36F3N6O3+. The number of carbonyl (C=O) groups is 1. The van der Waals surface area contributed by atoms with Crippen LogP contribution < -0.4 is 27.4 Å². The normalized spacial score (nSPS) is 15.7. The minimum Gasteiger partial charge on any atom is -0.398 e. The van der Waals surface area contributed by atoms with Crippen molar-refractivity contribution >= 4 is 23.5 Å². The third kappa shape index (κ3) is 5.95. The third-order valence-corrected chi connectivity index (χ3v) is 6.94. The summed E-state index contributed by atoms with van der Waals surface area (Å²) in [5, 5.41) is 15.9. The number of H-pyrrole nitrogens is 1. The number of nitrogens with one attached hydrogen (secondary N) is 2. The zero-order chi connectivity index (χ0) is 29.3. The van der Waals surface area contributed by atoms with Crippen LogP contribution in [0.2, 0.25) is 0 Å². The number of nitrogen functional groups attached to an aromatic ring is 1. The summed E-state index contributed by atoms with van der Waals surface area (Å²) in [6.07, 6.45) is 4.12. The molecule has 12 heteroatoms. The monoisotopic (exact) mass is 549 g/mol. The first kappa shape index (κ1) is 29.8. The number of nitrogens with two attached hydrogens (primary N) is 2. The van der Waals surface area contributed by atoms with Gasteiger partial charge in [-0.15, -0.1) is 0 Å². The van der Waals surface area contributed by atoms with Crippen LogP contribution in [-0.4, -0.2) is 39.3 Å². The van der Waals surface area contributed by atoms with Crippen LogP contribution in [0.3, 0.4) is 0 Å². The first-order chi connectivity index (χ1) is 18.1. The van der Waals surface area contributed by atoms with Crippen LogP contribution in [0.4, 0.5) is 24.7 Å². The molecule has 9 nitrogen and oxygen atoms in total. The van der Waals surface area contributed by atoms with Crippen LogP contribution in [0.15, 0.2) is 40.3 Å². The second kappa shape index (κ2) is 11.1. The Morgan fingerprint density at radius 3 is 2.54 bits per heavy atom. The van der Waals surface area contributed by atoms with Gasteiger partial charge in [0.05, 0.1) is 18.2 Å². The van der Waals surface area contributed by atoms with Crippen molar-refractivity contribution in [1.82, 2.24) is 9.58 Å². The number of nitrogens with zero attached hydrogens (tertiary/aromatic N) is 2. The number of allylic oxidation sites excluding steroid dienone is 1. The smallest absolute Gasteiger partial charge is 0.305 e. The van der Waals surface area contributed by atoms with Crippen molar-refractivity contribution in [3.63, 3.8) is 0 Å². The van der Waals surface area contributed by atoms with Crippen molar-refractivity contribution in [1.29, 1.82) is 0 Å². The van der Waals surface area contributed by atoms with Crippen LogP contribution >= 0.6 is 0 Å². The summed E-state index contributed by atoms with van der Waals surface area (Å²) in [5.74, 6) is -4.83. The van der Waals surface area contributed by atoms with Crippen LogP contribution in [-0.2, 0) is 17.8 Å². The van der Waals surface area contributed by atoms with Gasteiger partial charge >= 0.3 is 17.3 Å². The van der Waals surface area contributed by atoms with E-state index in [1.807, 2.05) is 6.08 Å². The van der Waals surface area contributed by atoms with Crippen molar-refractivity contribution in [3.8, 4) is 0 Å². The number of aliphatic hydroxyl groups is 1. The molecule has 3 rings (SSSR count). The molecule has 0 radical (unpaired) electrons. The Bertz CT molecular complexity index is 1380. The van der Waals surface area contributed by atoms with E-state index in [2.05, 4.69) is 10.4 Å². The van der Waals surface area contributed by atoms with E-state index < -0.39 is 34.5 Å². The van der Waals surface area contributed by atoms with Crippen LogP contribution in [0.1, 0.15) is 63.3 Å². The molecule has 1 aliphatic heterocycles. The molecule has 1 aliphatic rings. The van der Waals surface area contributed by atoms with E-state index in [4.69, 9.17) is 11.5 Å². The second-order valence-electron chi connectivity index (χ2n) is 10.2. The summed E-state index contributed by atoms with van der Waals surface area (Å²) < 4.78 is 46.4. The molecule has 0 saturated carbocycles. The number of carbonyl (C=O) groups excluding carboxylic acids is 1. The predicted octanol–water partition coefficient (Wildman–Crippen LogP) is 2.82. The molecule has 1 aromatic carbocycles. The Balaban J connectivity index is 2.06. The number of aromatic nitrogens is 2. The molecule has 1 atom stereocenters. The zero-order valence-corrected chi connectivity index (χ0v) is 22.7. The molecule has 1 aromatic heterocycles. The van der Waals surface area contributed by atoms with Gasteiger partial charge in [0.25, 0.3) is 0 Å². The number of benzene rings is 1. The quantitative estimate of drug-likeness (QED) is 0.399. The number of aromatic amines is 1. The maximum atomic E-state index is 15.5. The van der Waals surface area contributed by atoms with E-state index in [1.54, 1.807) is 11.8 Å². The number of aryl methyl sites for hydroxylation is 1. The fourth-order valence-corrected chi connectivity index (χ4v) is 4.40. The highest BCUT2D eigenvalue weighted by Gasteiger charge is 2.49. The minimum absolute atomic E-state index is 0.0491. The van der Waals surface area contributed by atoms with Gasteiger partial charge in [0.1, 0.15) is 23.1 Å². The van der Waals surface area contributed by atoms with Crippen molar-refractivity contribution < 1.29 is 28.2 Å². The maximum absolute atomic E-state index is 15.5. The van der Waals surface area contributed by atoms with Crippen LogP contribution in [0, 0.1) is 5.82 Å². The van der Waals surface area contributed by atoms with Crippen molar-refractivity contribution in [2.45, 2.75) is 58.1 Å². The Hall–Kier alpha value is -3.80. The molecule has 0 saturated heterocycles. The average molecular weight is 550 g/mol. The fourth-order valence-electron chi connectivity index (χ4n) is 4.40.